The number of carbonyl (C=O) groups excluding carboxylic acids is 12. The maximum absolute atomic E-state index is 15.5. The number of hydrogen-bond acceptors (Lipinski definition) is 12. The number of carbonyl (C=O) groups is 12. The van der Waals surface area contributed by atoms with E-state index in [2.05, 4.69) is 21.3 Å². The molecule has 27 heteroatoms. The molecule has 2 aliphatic heterocycles. The first-order chi connectivity index (χ1) is 45.1. The summed E-state index contributed by atoms with van der Waals surface area (Å²) in [5.41, 5.74) is 1.37. The van der Waals surface area contributed by atoms with E-state index in [4.69, 9.17) is 23.2 Å². The van der Waals surface area contributed by atoms with Gasteiger partial charge in [0.2, 0.25) is 70.9 Å². The highest BCUT2D eigenvalue weighted by Crippen LogP contribution is 2.23. The summed E-state index contributed by atoms with van der Waals surface area (Å²) in [6.07, 6.45) is 0.619. The number of benzene rings is 3. The molecule has 5 rings (SSSR count). The molecule has 96 heavy (non-hydrogen) atoms. The first-order valence-corrected chi connectivity index (χ1v) is 33.4. The van der Waals surface area contributed by atoms with E-state index in [1.54, 1.807) is 82.3 Å². The molecular weight excluding hydrogens is 1280 g/mol. The second kappa shape index (κ2) is 36.2. The largest absolute Gasteiger partial charge is 0.342 e. The number of likely N-dealkylation sites (tertiary alicyclic amines) is 1. The Labute approximate surface area is 573 Å². The van der Waals surface area contributed by atoms with Crippen LogP contribution in [0.2, 0.25) is 10.0 Å². The van der Waals surface area contributed by atoms with Crippen molar-refractivity contribution < 1.29 is 61.9 Å². The van der Waals surface area contributed by atoms with Crippen molar-refractivity contribution in [1.82, 2.24) is 60.5 Å². The van der Waals surface area contributed by atoms with Crippen LogP contribution in [-0.4, -0.2) is 240 Å². The average Bonchev–Trinajstić information content (AvgIpc) is 0.889. The van der Waals surface area contributed by atoms with Crippen molar-refractivity contribution in [2.24, 2.45) is 17.8 Å². The van der Waals surface area contributed by atoms with Crippen molar-refractivity contribution in [3.05, 3.63) is 105 Å². The van der Waals surface area contributed by atoms with E-state index in [0.29, 0.717) is 48.5 Å². The molecule has 9 atom stereocenters. The molecule has 3 aromatic rings. The lowest BCUT2D eigenvalue weighted by molar-refractivity contribution is -0.150. The molecule has 0 bridgehead atoms. The van der Waals surface area contributed by atoms with Gasteiger partial charge in [-0.25, -0.2) is 4.39 Å². The number of amides is 12. The van der Waals surface area contributed by atoms with Crippen LogP contribution in [-0.2, 0) is 76.8 Å². The highest BCUT2D eigenvalue weighted by atomic mass is 35.5. The molecule has 0 radical (unpaired) electrons. The fourth-order valence-electron chi connectivity index (χ4n) is 11.6. The molecule has 0 aliphatic carbocycles. The third kappa shape index (κ3) is 22.2. The first kappa shape index (κ1) is 78.5. The molecule has 526 valence electrons. The van der Waals surface area contributed by atoms with Gasteiger partial charge in [0.15, 0.2) is 0 Å². The minimum atomic E-state index is -1.56. The van der Waals surface area contributed by atoms with Gasteiger partial charge >= 0.3 is 0 Å². The Kier molecular flexibility index (Phi) is 29.6. The number of rotatable bonds is 13. The van der Waals surface area contributed by atoms with Crippen LogP contribution in [0.25, 0.3) is 0 Å². The number of hydrogen-bond donors (Lipinski definition) is 4. The molecule has 2 heterocycles. The summed E-state index contributed by atoms with van der Waals surface area (Å²) < 4.78 is 15.0. The van der Waals surface area contributed by atoms with Crippen molar-refractivity contribution in [2.75, 3.05) is 82.1 Å². The highest BCUT2D eigenvalue weighted by molar-refractivity contribution is 6.31. The summed E-state index contributed by atoms with van der Waals surface area (Å²) in [7, 11) is 9.50. The Morgan fingerprint density at radius 1 is 0.521 bits per heavy atom. The second-order valence-corrected chi connectivity index (χ2v) is 27.3. The van der Waals surface area contributed by atoms with Gasteiger partial charge in [-0.3, -0.25) is 57.5 Å². The topological polar surface area (TPSA) is 279 Å². The van der Waals surface area contributed by atoms with Crippen LogP contribution < -0.4 is 21.3 Å². The lowest BCUT2D eigenvalue weighted by Gasteiger charge is -2.37. The predicted octanol–water partition coefficient (Wildman–Crippen LogP) is 3.97. The SMILES string of the molecule is CC[C@H](C)[C@@H]1NC(=O)[C@H](C)N(C)C(=O)C[C@H](C(=O)N2CCCC2)NC(=O)[C@H](CC(C)C)N(C)C(=O)[C@H](Cc2ccccc2)N(C)C(=O)[C@H](CC(C)C)NC(=O)[C@H](Cc2cc(F)cc(Cl)c2)NC(=O)CN(C)C(=O)[C@H](Cc2ccc(Cl)cc2)N(C)C(=O)CN(C)C(=O)CN(C)C1=O. The third-order valence-corrected chi connectivity index (χ3v) is 18.3. The van der Waals surface area contributed by atoms with Crippen LogP contribution in [0.15, 0.2) is 72.8 Å². The van der Waals surface area contributed by atoms with Crippen molar-refractivity contribution in [2.45, 2.75) is 155 Å². The molecule has 2 fully saturated rings. The van der Waals surface area contributed by atoms with Crippen molar-refractivity contribution in [1.29, 1.82) is 0 Å². The van der Waals surface area contributed by atoms with E-state index >= 15 is 18.8 Å². The van der Waals surface area contributed by atoms with Gasteiger partial charge in [0.05, 0.1) is 26.1 Å². The van der Waals surface area contributed by atoms with Crippen LogP contribution in [0.5, 0.6) is 0 Å². The van der Waals surface area contributed by atoms with Crippen LogP contribution in [0, 0.1) is 23.6 Å². The number of likely N-dealkylation sites (N-methyl/N-ethyl adjacent to an activating group) is 7. The zero-order valence-electron chi connectivity index (χ0n) is 57.8. The van der Waals surface area contributed by atoms with Crippen LogP contribution in [0.4, 0.5) is 4.39 Å². The summed E-state index contributed by atoms with van der Waals surface area (Å²) in [6.45, 7) is 11.1. The molecule has 4 N–H and O–H groups in total. The van der Waals surface area contributed by atoms with Gasteiger partial charge in [-0.05, 0) is 97.4 Å². The fraction of sp³-hybridized carbons (Fsp3) is 0.565. The fourth-order valence-corrected chi connectivity index (χ4v) is 11.9. The third-order valence-electron chi connectivity index (χ3n) is 17.9. The Balaban J connectivity index is 1.64. The standard InChI is InChI=1S/C69H97Cl2FN12O12/c1-15-43(6)61-69(96)79(10)39-59(87)77(8)40-60(88)81(12)55(35-46-23-25-48(70)26-24-46)67(94)78(9)38-57(85)73-51(33-47-31-49(71)36-50(72)32-47)63(90)74-52(29-41(2)3)65(92)83(14)56(34-45-21-17-16-18-22-45)68(95)82(13)54(30-42(4)5)64(91)75-53(66(93)84-27-19-20-28-84)37-58(86)80(11)44(7)62(89)76-61/h16-18,21-26,31-32,36,41-44,51-56,61H,15,19-20,27-30,33-35,37-40H2,1-14H3,(H,73,85)(H,74,90)(H,75,91)(H,76,89)/t43-,44-,51-,52-,53+,54-,55-,56-,61-/m0/s1. The van der Waals surface area contributed by atoms with Gasteiger partial charge in [-0.15, -0.1) is 0 Å². The van der Waals surface area contributed by atoms with Crippen LogP contribution >= 0.6 is 23.2 Å². The van der Waals surface area contributed by atoms with E-state index in [-0.39, 0.29) is 54.5 Å². The van der Waals surface area contributed by atoms with Crippen molar-refractivity contribution >= 4 is 94.1 Å². The number of nitrogens with zero attached hydrogens (tertiary/aromatic N) is 8. The molecule has 12 amide bonds. The monoisotopic (exact) mass is 1370 g/mol. The molecule has 3 aromatic carbocycles. The Hall–Kier alpha value is -8.19. The maximum atomic E-state index is 15.5. The molecule has 24 nitrogen and oxygen atoms in total. The molecule has 2 aliphatic rings. The molecule has 0 unspecified atom stereocenters. The van der Waals surface area contributed by atoms with Gasteiger partial charge in [0.25, 0.3) is 0 Å². The predicted molar refractivity (Wildman–Crippen MR) is 362 cm³/mol. The quantitative estimate of drug-likeness (QED) is 0.189. The smallest absolute Gasteiger partial charge is 0.246 e. The Morgan fingerprint density at radius 2 is 1.08 bits per heavy atom. The van der Waals surface area contributed by atoms with Gasteiger partial charge in [0.1, 0.15) is 54.2 Å². The summed E-state index contributed by atoms with van der Waals surface area (Å²) in [5.74, 6) is -10.6. The normalized spacial score (nSPS) is 23.8. The maximum Gasteiger partial charge on any atom is 0.246 e. The zero-order chi connectivity index (χ0) is 71.6. The summed E-state index contributed by atoms with van der Waals surface area (Å²) in [4.78, 5) is 185. The second-order valence-electron chi connectivity index (χ2n) is 26.4. The molecule has 2 saturated heterocycles. The molecule has 0 spiro atoms. The van der Waals surface area contributed by atoms with Crippen molar-refractivity contribution in [3.63, 3.8) is 0 Å². The van der Waals surface area contributed by atoms with Gasteiger partial charge < -0.3 is 60.5 Å². The highest BCUT2D eigenvalue weighted by Gasteiger charge is 2.42. The van der Waals surface area contributed by atoms with E-state index in [1.807, 2.05) is 13.8 Å². The molecule has 0 aromatic heterocycles. The van der Waals surface area contributed by atoms with E-state index in [0.717, 1.165) is 36.6 Å². The van der Waals surface area contributed by atoms with E-state index in [9.17, 15) is 43.2 Å². The number of halogens is 3. The van der Waals surface area contributed by atoms with Crippen molar-refractivity contribution in [3.8, 4) is 0 Å². The summed E-state index contributed by atoms with van der Waals surface area (Å²) in [6, 6.07) is 8.02. The van der Waals surface area contributed by atoms with Crippen LogP contribution in [0.1, 0.15) is 104 Å². The molecule has 0 saturated carbocycles. The zero-order valence-corrected chi connectivity index (χ0v) is 59.3. The minimum Gasteiger partial charge on any atom is -0.342 e. The Morgan fingerprint density at radius 3 is 1.67 bits per heavy atom. The summed E-state index contributed by atoms with van der Waals surface area (Å²) in [5, 5.41) is 11.4. The van der Waals surface area contributed by atoms with Crippen LogP contribution in [0.3, 0.4) is 0 Å². The number of nitrogens with one attached hydrogen (secondary N) is 4. The first-order valence-electron chi connectivity index (χ1n) is 32.6. The Bertz CT molecular complexity index is 3250. The van der Waals surface area contributed by atoms with Gasteiger partial charge in [0, 0.05) is 91.7 Å². The van der Waals surface area contributed by atoms with Gasteiger partial charge in [-0.1, -0.05) is 114 Å². The van der Waals surface area contributed by atoms with E-state index in [1.165, 1.54) is 77.0 Å². The molecular formula is C69H97Cl2FN12O12. The minimum absolute atomic E-state index is 0.00335. The lowest BCUT2D eigenvalue weighted by Crippen LogP contribution is -2.61. The average molecular weight is 1380 g/mol. The van der Waals surface area contributed by atoms with Gasteiger partial charge in [-0.2, -0.15) is 0 Å². The lowest BCUT2D eigenvalue weighted by atomic mass is 9.97. The van der Waals surface area contributed by atoms with E-state index < -0.39 is 157 Å². The summed E-state index contributed by atoms with van der Waals surface area (Å²) >= 11 is 12.5.